The highest BCUT2D eigenvalue weighted by Gasteiger charge is 2.50. The van der Waals surface area contributed by atoms with Gasteiger partial charge in [0, 0.05) is 34.4 Å². The number of anilines is 2. The molecule has 1 aromatic heterocycles. The number of halogens is 4. The Kier molecular flexibility index (Phi) is 7.77. The van der Waals surface area contributed by atoms with E-state index in [0.717, 1.165) is 27.4 Å². The predicted molar refractivity (Wildman–Crippen MR) is 161 cm³/mol. The van der Waals surface area contributed by atoms with E-state index in [1.807, 2.05) is 35.0 Å². The lowest BCUT2D eigenvalue weighted by molar-refractivity contribution is -0.138. The number of rotatable bonds is 6. The number of hydrogen-bond donors (Lipinski definition) is 0. The van der Waals surface area contributed by atoms with E-state index in [9.17, 15) is 22.8 Å². The van der Waals surface area contributed by atoms with Crippen molar-refractivity contribution in [3.8, 4) is 6.07 Å². The average molecular weight is 621 g/mol. The Morgan fingerprint density at radius 2 is 1.80 bits per heavy atom. The molecule has 3 aromatic carbocycles. The summed E-state index contributed by atoms with van der Waals surface area (Å²) in [5, 5.41) is 9.89. The van der Waals surface area contributed by atoms with E-state index in [1.165, 1.54) is 36.3 Å². The molecular weight excluding hydrogens is 596 g/mol. The highest BCUT2D eigenvalue weighted by Crippen LogP contribution is 2.40. The van der Waals surface area contributed by atoms with Crippen LogP contribution < -0.4 is 9.80 Å². The van der Waals surface area contributed by atoms with Crippen LogP contribution in [-0.2, 0) is 27.0 Å². The van der Waals surface area contributed by atoms with Gasteiger partial charge in [-0.25, -0.2) is 9.18 Å². The first kappa shape index (κ1) is 30.4. The number of methoxy groups -OCH3 is 1. The Labute approximate surface area is 255 Å². The van der Waals surface area contributed by atoms with Gasteiger partial charge in [-0.2, -0.15) is 18.4 Å². The average Bonchev–Trinajstić information content (AvgIpc) is 3.45. The van der Waals surface area contributed by atoms with E-state index >= 15 is 4.39 Å². The van der Waals surface area contributed by atoms with E-state index in [2.05, 4.69) is 4.74 Å². The highest BCUT2D eigenvalue weighted by molar-refractivity contribution is 7.81. The lowest BCUT2D eigenvalue weighted by Gasteiger charge is -2.29. The maximum Gasteiger partial charge on any atom is 0.417 e. The van der Waals surface area contributed by atoms with Crippen molar-refractivity contribution >= 4 is 57.6 Å². The molecule has 44 heavy (non-hydrogen) atoms. The van der Waals surface area contributed by atoms with Gasteiger partial charge in [0.1, 0.15) is 11.4 Å². The van der Waals surface area contributed by atoms with Crippen LogP contribution in [0.1, 0.15) is 36.1 Å². The summed E-state index contributed by atoms with van der Waals surface area (Å²) >= 11 is 5.55. The van der Waals surface area contributed by atoms with Crippen molar-refractivity contribution in [2.75, 3.05) is 16.9 Å². The van der Waals surface area contributed by atoms with Crippen LogP contribution in [0.5, 0.6) is 0 Å². The molecule has 0 N–H and O–H groups in total. The van der Waals surface area contributed by atoms with Gasteiger partial charge in [0.05, 0.1) is 36.5 Å². The number of fused-ring (bicyclic) bond motifs is 1. The van der Waals surface area contributed by atoms with Crippen LogP contribution in [0, 0.1) is 17.1 Å². The fraction of sp³-hybridized carbons (Fsp3) is 0.188. The molecule has 0 unspecified atom stereocenters. The number of esters is 1. The van der Waals surface area contributed by atoms with E-state index in [1.54, 1.807) is 32.1 Å². The summed E-state index contributed by atoms with van der Waals surface area (Å²) in [5.41, 5.74) is -1.04. The molecule has 1 aliphatic rings. The van der Waals surface area contributed by atoms with Crippen LogP contribution in [0.15, 0.2) is 72.9 Å². The molecule has 0 atom stereocenters. The zero-order valence-corrected chi connectivity index (χ0v) is 24.5. The summed E-state index contributed by atoms with van der Waals surface area (Å²) in [6, 6.07) is 16.3. The first-order chi connectivity index (χ1) is 20.8. The zero-order chi connectivity index (χ0) is 32.0. The lowest BCUT2D eigenvalue weighted by Crippen LogP contribution is -2.44. The zero-order valence-electron chi connectivity index (χ0n) is 23.6. The summed E-state index contributed by atoms with van der Waals surface area (Å²) in [5.74, 6) is -1.64. The molecule has 0 bridgehead atoms. The van der Waals surface area contributed by atoms with Crippen molar-refractivity contribution in [3.05, 3.63) is 101 Å². The van der Waals surface area contributed by atoms with Gasteiger partial charge < -0.3 is 14.2 Å². The Bertz CT molecular complexity index is 1910. The standard InChI is InChI=1S/C32H24F4N4O3S/c1-31(2)29(42)39(23-8-6-21(17-37)25(15-23)32(34,35)36)30(44)40(31)24-9-7-22(26(33)16-24)18-38-13-12-20-14-19(4-10-27(20)38)5-11-28(41)43-3/h4-16H,18H2,1-3H3/b11-5+. The molecule has 0 spiro atoms. The molecule has 0 saturated carbocycles. The second kappa shape index (κ2) is 11.2. The van der Waals surface area contributed by atoms with Crippen molar-refractivity contribution in [1.29, 1.82) is 5.26 Å². The number of amides is 1. The van der Waals surface area contributed by atoms with E-state index in [4.69, 9.17) is 17.5 Å². The normalized spacial score (nSPS) is 15.0. The van der Waals surface area contributed by atoms with Crippen LogP contribution in [0.3, 0.4) is 0 Å². The van der Waals surface area contributed by atoms with Gasteiger partial charge in [-0.15, -0.1) is 0 Å². The largest absolute Gasteiger partial charge is 0.466 e. The van der Waals surface area contributed by atoms with E-state index < -0.39 is 40.5 Å². The fourth-order valence-electron chi connectivity index (χ4n) is 5.14. The summed E-state index contributed by atoms with van der Waals surface area (Å²) in [4.78, 5) is 27.2. The maximum absolute atomic E-state index is 15.5. The van der Waals surface area contributed by atoms with Crippen molar-refractivity contribution in [1.82, 2.24) is 4.57 Å². The number of nitriles is 1. The van der Waals surface area contributed by atoms with Gasteiger partial charge >= 0.3 is 12.1 Å². The topological polar surface area (TPSA) is 78.6 Å². The van der Waals surface area contributed by atoms with E-state index in [-0.39, 0.29) is 23.0 Å². The van der Waals surface area contributed by atoms with Gasteiger partial charge in [-0.1, -0.05) is 12.1 Å². The van der Waals surface area contributed by atoms with Gasteiger partial charge in [0.2, 0.25) is 0 Å². The van der Waals surface area contributed by atoms with Crippen LogP contribution >= 0.6 is 12.2 Å². The minimum absolute atomic E-state index is 0.126. The minimum atomic E-state index is -4.82. The third kappa shape index (κ3) is 5.42. The van der Waals surface area contributed by atoms with Crippen molar-refractivity contribution in [2.24, 2.45) is 0 Å². The Morgan fingerprint density at radius 1 is 1.07 bits per heavy atom. The number of ether oxygens (including phenoxy) is 1. The first-order valence-corrected chi connectivity index (χ1v) is 13.6. The minimum Gasteiger partial charge on any atom is -0.466 e. The number of nitrogens with zero attached hydrogens (tertiary/aromatic N) is 4. The lowest BCUT2D eigenvalue weighted by atomic mass is 10.0. The number of aromatic nitrogens is 1. The maximum atomic E-state index is 15.5. The summed E-state index contributed by atoms with van der Waals surface area (Å²) < 4.78 is 62.9. The third-order valence-electron chi connectivity index (χ3n) is 7.40. The molecule has 0 radical (unpaired) electrons. The summed E-state index contributed by atoms with van der Waals surface area (Å²) in [6.45, 7) is 3.28. The van der Waals surface area contributed by atoms with Crippen molar-refractivity contribution in [2.45, 2.75) is 32.1 Å². The number of carbonyl (C=O) groups excluding carboxylic acids is 2. The molecule has 1 amide bonds. The second-order valence-corrected chi connectivity index (χ2v) is 10.9. The predicted octanol–water partition coefficient (Wildman–Crippen LogP) is 6.82. The Morgan fingerprint density at radius 3 is 2.45 bits per heavy atom. The van der Waals surface area contributed by atoms with Crippen LogP contribution in [0.4, 0.5) is 28.9 Å². The van der Waals surface area contributed by atoms with Gasteiger partial charge in [0.25, 0.3) is 5.91 Å². The molecule has 224 valence electrons. The smallest absolute Gasteiger partial charge is 0.417 e. The third-order valence-corrected chi connectivity index (χ3v) is 7.76. The van der Waals surface area contributed by atoms with Crippen LogP contribution in [-0.4, -0.2) is 34.2 Å². The number of benzene rings is 3. The van der Waals surface area contributed by atoms with E-state index in [0.29, 0.717) is 11.6 Å². The number of carbonyl (C=O) groups is 2. The van der Waals surface area contributed by atoms with Gasteiger partial charge in [0.15, 0.2) is 5.11 Å². The van der Waals surface area contributed by atoms with Crippen LogP contribution in [0.2, 0.25) is 0 Å². The monoisotopic (exact) mass is 620 g/mol. The molecule has 4 aromatic rings. The van der Waals surface area contributed by atoms with Gasteiger partial charge in [-0.3, -0.25) is 9.69 Å². The molecule has 7 nitrogen and oxygen atoms in total. The first-order valence-electron chi connectivity index (χ1n) is 13.2. The molecule has 1 aliphatic heterocycles. The number of alkyl halides is 3. The molecule has 1 saturated heterocycles. The van der Waals surface area contributed by atoms with Crippen molar-refractivity contribution in [3.63, 3.8) is 0 Å². The Hall–Kier alpha value is -5.02. The molecule has 1 fully saturated rings. The summed E-state index contributed by atoms with van der Waals surface area (Å²) in [6.07, 6.45) is -0.0600. The van der Waals surface area contributed by atoms with Crippen molar-refractivity contribution < 1.29 is 31.9 Å². The second-order valence-electron chi connectivity index (χ2n) is 10.6. The molecule has 5 rings (SSSR count). The molecule has 0 aliphatic carbocycles. The molecule has 2 heterocycles. The van der Waals surface area contributed by atoms with Crippen LogP contribution in [0.25, 0.3) is 17.0 Å². The van der Waals surface area contributed by atoms with Gasteiger partial charge in [-0.05, 0) is 86.2 Å². The SMILES string of the molecule is COC(=O)/C=C/c1ccc2c(ccn2Cc2ccc(N3C(=S)N(c4ccc(C#N)c(C(F)(F)F)c4)C(=O)C3(C)C)cc2F)c1. The highest BCUT2D eigenvalue weighted by atomic mass is 32.1. The number of thiocarbonyl (C=S) groups is 1. The molecular formula is C32H24F4N4O3S. The summed E-state index contributed by atoms with van der Waals surface area (Å²) in [7, 11) is 1.30. The number of hydrogen-bond acceptors (Lipinski definition) is 5. The molecule has 12 heteroatoms. The fourth-order valence-corrected chi connectivity index (χ4v) is 5.66. The quantitative estimate of drug-likeness (QED) is 0.102. The Balaban J connectivity index is 1.42.